The van der Waals surface area contributed by atoms with Crippen LogP contribution in [0.2, 0.25) is 0 Å². The van der Waals surface area contributed by atoms with Crippen LogP contribution in [0.25, 0.3) is 11.4 Å². The van der Waals surface area contributed by atoms with Crippen molar-refractivity contribution in [3.8, 4) is 17.1 Å². The van der Waals surface area contributed by atoms with Crippen molar-refractivity contribution in [2.45, 2.75) is 13.5 Å². The van der Waals surface area contributed by atoms with Crippen LogP contribution in [-0.4, -0.2) is 33.8 Å². The fraction of sp³-hybridized carbons (Fsp3) is 0.211. The van der Waals surface area contributed by atoms with Crippen LogP contribution < -0.4 is 10.1 Å². The van der Waals surface area contributed by atoms with Crippen molar-refractivity contribution in [3.63, 3.8) is 0 Å². The van der Waals surface area contributed by atoms with Gasteiger partial charge in [0.2, 0.25) is 5.91 Å². The van der Waals surface area contributed by atoms with Crippen molar-refractivity contribution in [1.29, 1.82) is 0 Å². The van der Waals surface area contributed by atoms with Crippen LogP contribution in [0, 0.1) is 17.5 Å². The maximum absolute atomic E-state index is 12.8. The number of hydrogen-bond acceptors (Lipinski definition) is 4. The van der Waals surface area contributed by atoms with E-state index in [4.69, 9.17) is 17.0 Å². The fourth-order valence-corrected chi connectivity index (χ4v) is 2.67. The van der Waals surface area contributed by atoms with Gasteiger partial charge in [-0.25, -0.2) is 4.39 Å². The number of carbonyl (C=O) groups excluding carboxylic acids is 1. The third-order valence-electron chi connectivity index (χ3n) is 3.88. The first kappa shape index (κ1) is 18.8. The van der Waals surface area contributed by atoms with Crippen molar-refractivity contribution in [2.24, 2.45) is 0 Å². The lowest BCUT2D eigenvalue weighted by Crippen LogP contribution is -2.31. The van der Waals surface area contributed by atoms with Gasteiger partial charge in [-0.1, -0.05) is 29.8 Å². The van der Waals surface area contributed by atoms with Crippen molar-refractivity contribution < 1.29 is 13.9 Å². The van der Waals surface area contributed by atoms with Gasteiger partial charge >= 0.3 is 0 Å². The van der Waals surface area contributed by atoms with E-state index in [0.29, 0.717) is 22.9 Å². The van der Waals surface area contributed by atoms with Gasteiger partial charge < -0.3 is 10.1 Å². The Morgan fingerprint density at radius 2 is 1.93 bits per heavy atom. The lowest BCUT2D eigenvalue weighted by Gasteiger charge is -2.09. The largest absolute Gasteiger partial charge is 0.492 e. The van der Waals surface area contributed by atoms with Crippen LogP contribution in [0.5, 0.6) is 5.75 Å². The second-order valence-electron chi connectivity index (χ2n) is 5.96. The number of nitrogens with zero attached hydrogens (tertiary/aromatic N) is 2. The van der Waals surface area contributed by atoms with E-state index < -0.39 is 0 Å². The molecular formula is C19H19FN4O2S. The maximum Gasteiger partial charge on any atom is 0.240 e. The van der Waals surface area contributed by atoms with Gasteiger partial charge in [-0.3, -0.25) is 14.5 Å². The normalized spacial score (nSPS) is 10.6. The fourth-order valence-electron chi connectivity index (χ4n) is 2.48. The van der Waals surface area contributed by atoms with Crippen molar-refractivity contribution >= 4 is 18.1 Å². The molecule has 2 aromatic carbocycles. The van der Waals surface area contributed by atoms with Gasteiger partial charge in [0.1, 0.15) is 24.7 Å². The minimum absolute atomic E-state index is 0.0507. The molecule has 3 aromatic rings. The summed E-state index contributed by atoms with van der Waals surface area (Å²) in [5, 5.41) is 9.72. The van der Waals surface area contributed by atoms with Gasteiger partial charge in [0.15, 0.2) is 10.6 Å². The monoisotopic (exact) mass is 386 g/mol. The summed E-state index contributed by atoms with van der Waals surface area (Å²) >= 11 is 5.24. The van der Waals surface area contributed by atoms with Crippen LogP contribution >= 0.6 is 12.2 Å². The predicted molar refractivity (Wildman–Crippen MR) is 102 cm³/mol. The van der Waals surface area contributed by atoms with E-state index >= 15 is 0 Å². The molecule has 0 aliphatic heterocycles. The van der Waals surface area contributed by atoms with Gasteiger partial charge in [-0.15, -0.1) is 0 Å². The highest BCUT2D eigenvalue weighted by Crippen LogP contribution is 2.17. The number of aromatic amines is 1. The summed E-state index contributed by atoms with van der Waals surface area (Å²) in [7, 11) is 0. The van der Waals surface area contributed by atoms with E-state index in [1.165, 1.54) is 24.3 Å². The standard InChI is InChI=1S/C19H19FN4O2S/c1-13-2-4-14(5-3-13)18-22-23-19(27)24(18)12-17(25)21-10-11-26-16-8-6-15(20)7-9-16/h2-9H,10-12H2,1H3,(H,21,25)(H,23,27). The Morgan fingerprint density at radius 3 is 2.63 bits per heavy atom. The minimum atomic E-state index is -0.322. The highest BCUT2D eigenvalue weighted by molar-refractivity contribution is 7.71. The third kappa shape index (κ3) is 5.01. The Kier molecular flexibility index (Phi) is 5.97. The molecule has 3 rings (SSSR count). The number of amides is 1. The third-order valence-corrected chi connectivity index (χ3v) is 4.19. The Bertz CT molecular complexity index is 965. The van der Waals surface area contributed by atoms with Gasteiger partial charge in [0, 0.05) is 5.56 Å². The van der Waals surface area contributed by atoms with E-state index in [1.807, 2.05) is 31.2 Å². The Balaban J connectivity index is 1.55. The number of nitrogens with one attached hydrogen (secondary N) is 2. The van der Waals surface area contributed by atoms with E-state index in [1.54, 1.807) is 4.57 Å². The number of ether oxygens (including phenoxy) is 1. The zero-order valence-corrected chi connectivity index (χ0v) is 15.6. The average molecular weight is 386 g/mol. The number of H-pyrrole nitrogens is 1. The van der Waals surface area contributed by atoms with Gasteiger partial charge in [0.25, 0.3) is 0 Å². The number of aryl methyl sites for hydroxylation is 1. The summed E-state index contributed by atoms with van der Waals surface area (Å²) < 4.78 is 20.3. The molecule has 1 aromatic heterocycles. The SMILES string of the molecule is Cc1ccc(-c2n[nH]c(=S)n2CC(=O)NCCOc2ccc(F)cc2)cc1. The Hall–Kier alpha value is -3.00. The molecule has 8 heteroatoms. The summed E-state index contributed by atoms with van der Waals surface area (Å²) in [5.74, 6) is 0.627. The number of carbonyl (C=O) groups is 1. The minimum Gasteiger partial charge on any atom is -0.492 e. The van der Waals surface area contributed by atoms with Crippen molar-refractivity contribution in [2.75, 3.05) is 13.2 Å². The smallest absolute Gasteiger partial charge is 0.240 e. The lowest BCUT2D eigenvalue weighted by atomic mass is 10.1. The summed E-state index contributed by atoms with van der Waals surface area (Å²) in [6.45, 7) is 2.65. The molecule has 6 nitrogen and oxygen atoms in total. The molecule has 27 heavy (non-hydrogen) atoms. The molecule has 0 spiro atoms. The van der Waals surface area contributed by atoms with Crippen LogP contribution in [0.4, 0.5) is 4.39 Å². The molecule has 0 unspecified atom stereocenters. The zero-order valence-electron chi connectivity index (χ0n) is 14.7. The van der Waals surface area contributed by atoms with E-state index in [9.17, 15) is 9.18 Å². The van der Waals surface area contributed by atoms with E-state index in [2.05, 4.69) is 15.5 Å². The van der Waals surface area contributed by atoms with Crippen LogP contribution in [0.3, 0.4) is 0 Å². The maximum atomic E-state index is 12.8. The molecule has 0 radical (unpaired) electrons. The molecule has 0 saturated heterocycles. The second-order valence-corrected chi connectivity index (χ2v) is 6.34. The molecule has 0 bridgehead atoms. The molecule has 0 atom stereocenters. The molecular weight excluding hydrogens is 367 g/mol. The molecule has 0 saturated carbocycles. The molecule has 0 fully saturated rings. The van der Waals surface area contributed by atoms with Crippen molar-refractivity contribution in [1.82, 2.24) is 20.1 Å². The summed E-state index contributed by atoms with van der Waals surface area (Å²) in [4.78, 5) is 12.2. The predicted octanol–water partition coefficient (Wildman–Crippen LogP) is 3.25. The van der Waals surface area contributed by atoms with Crippen molar-refractivity contribution in [3.05, 3.63) is 64.7 Å². The van der Waals surface area contributed by atoms with Gasteiger partial charge in [0.05, 0.1) is 6.54 Å². The van der Waals surface area contributed by atoms with E-state index in [-0.39, 0.29) is 24.9 Å². The molecule has 1 amide bonds. The second kappa shape index (κ2) is 8.59. The number of rotatable bonds is 7. The Labute approximate surface area is 161 Å². The van der Waals surface area contributed by atoms with Crippen LogP contribution in [0.15, 0.2) is 48.5 Å². The molecule has 1 heterocycles. The molecule has 2 N–H and O–H groups in total. The Morgan fingerprint density at radius 1 is 1.22 bits per heavy atom. The van der Waals surface area contributed by atoms with Gasteiger partial charge in [-0.05, 0) is 43.4 Å². The molecule has 140 valence electrons. The quantitative estimate of drug-likeness (QED) is 0.483. The highest BCUT2D eigenvalue weighted by Gasteiger charge is 2.12. The summed E-state index contributed by atoms with van der Waals surface area (Å²) in [6.07, 6.45) is 0. The molecule has 0 aliphatic rings. The number of benzene rings is 2. The van der Waals surface area contributed by atoms with Crippen LogP contribution in [0.1, 0.15) is 5.56 Å². The van der Waals surface area contributed by atoms with Gasteiger partial charge in [-0.2, -0.15) is 5.10 Å². The number of halogens is 1. The average Bonchev–Trinajstić information content (AvgIpc) is 3.01. The zero-order chi connectivity index (χ0) is 19.2. The molecule has 0 aliphatic carbocycles. The first-order chi connectivity index (χ1) is 13.0. The number of hydrogen-bond donors (Lipinski definition) is 2. The summed E-state index contributed by atoms with van der Waals surface area (Å²) in [5.41, 5.74) is 2.01. The number of aromatic nitrogens is 3. The first-order valence-corrected chi connectivity index (χ1v) is 8.81. The van der Waals surface area contributed by atoms with Crippen LogP contribution in [-0.2, 0) is 11.3 Å². The topological polar surface area (TPSA) is 71.9 Å². The first-order valence-electron chi connectivity index (χ1n) is 8.40. The lowest BCUT2D eigenvalue weighted by molar-refractivity contribution is -0.121. The highest BCUT2D eigenvalue weighted by atomic mass is 32.1. The van der Waals surface area contributed by atoms with E-state index in [0.717, 1.165) is 11.1 Å². The summed E-state index contributed by atoms with van der Waals surface area (Å²) in [6, 6.07) is 13.5.